The molecule has 2 aromatic carbocycles. The van der Waals surface area contributed by atoms with Crippen LogP contribution in [0.15, 0.2) is 65.8 Å². The molecule has 2 aromatic rings. The summed E-state index contributed by atoms with van der Waals surface area (Å²) in [6, 6.07) is 11.8. The fourth-order valence-corrected chi connectivity index (χ4v) is 3.71. The molecule has 0 spiro atoms. The zero-order valence-electron chi connectivity index (χ0n) is 16.7. The largest absolute Gasteiger partial charge is 0.507 e. The fourth-order valence-electron chi connectivity index (χ4n) is 3.71. The first-order valence-electron chi connectivity index (χ1n) is 9.92. The Balaban J connectivity index is 1.78. The minimum Gasteiger partial charge on any atom is -0.507 e. The normalized spacial score (nSPS) is 17.6. The van der Waals surface area contributed by atoms with E-state index in [2.05, 4.69) is 45.6 Å². The Bertz CT molecular complexity index is 886. The fraction of sp³-hybridized carbons (Fsp3) is 0.360. The molecule has 1 aliphatic heterocycles. The van der Waals surface area contributed by atoms with Crippen LogP contribution in [0.5, 0.6) is 5.75 Å². The third kappa shape index (κ3) is 4.33. The van der Waals surface area contributed by atoms with E-state index in [1.807, 2.05) is 24.3 Å². The highest BCUT2D eigenvalue weighted by Crippen LogP contribution is 2.32. The highest BCUT2D eigenvalue weighted by atomic mass is 16.5. The summed E-state index contributed by atoms with van der Waals surface area (Å²) in [5.41, 5.74) is 5.05. The number of fused-ring (bicyclic) bond motifs is 1. The second-order valence-corrected chi connectivity index (χ2v) is 7.58. The molecule has 1 N–H and O–H groups in total. The van der Waals surface area contributed by atoms with Crippen molar-refractivity contribution in [1.29, 1.82) is 0 Å². The Hall–Kier alpha value is -2.32. The monoisotopic (exact) mass is 362 g/mol. The summed E-state index contributed by atoms with van der Waals surface area (Å²) in [6.07, 6.45) is 7.61. The molecule has 3 rings (SSSR count). The molecule has 0 saturated carbocycles. The van der Waals surface area contributed by atoms with Crippen molar-refractivity contribution in [3.05, 3.63) is 71.3 Å². The van der Waals surface area contributed by atoms with Crippen molar-refractivity contribution in [2.45, 2.75) is 46.1 Å². The number of hydrogen-bond acceptors (Lipinski definition) is 2. The maximum Gasteiger partial charge on any atom is 0.123 e. The van der Waals surface area contributed by atoms with Crippen molar-refractivity contribution in [3.8, 4) is 5.75 Å². The zero-order valence-corrected chi connectivity index (χ0v) is 16.7. The highest BCUT2D eigenvalue weighted by Gasteiger charge is 2.23. The summed E-state index contributed by atoms with van der Waals surface area (Å²) in [5, 5.41) is 12.1. The molecule has 2 nitrogen and oxygen atoms in total. The van der Waals surface area contributed by atoms with Crippen LogP contribution in [0.1, 0.15) is 45.6 Å². The van der Waals surface area contributed by atoms with Crippen LogP contribution in [0.4, 0.5) is 0 Å². The van der Waals surface area contributed by atoms with Gasteiger partial charge in [-0.25, -0.2) is 0 Å². The maximum absolute atomic E-state index is 10.1. The van der Waals surface area contributed by atoms with E-state index >= 15 is 0 Å². The predicted octanol–water partition coefficient (Wildman–Crippen LogP) is 6.66. The molecule has 1 unspecified atom stereocenters. The van der Waals surface area contributed by atoms with Gasteiger partial charge in [0.05, 0.1) is 12.7 Å². The van der Waals surface area contributed by atoms with Gasteiger partial charge in [-0.2, -0.15) is 0 Å². The van der Waals surface area contributed by atoms with Gasteiger partial charge in [0.2, 0.25) is 0 Å². The lowest BCUT2D eigenvalue weighted by Gasteiger charge is -2.19. The number of hydrogen-bond donors (Lipinski definition) is 1. The Morgan fingerprint density at radius 2 is 1.96 bits per heavy atom. The van der Waals surface area contributed by atoms with E-state index in [9.17, 15) is 5.11 Å². The first-order valence-corrected chi connectivity index (χ1v) is 9.92. The second-order valence-electron chi connectivity index (χ2n) is 7.58. The van der Waals surface area contributed by atoms with Crippen LogP contribution in [-0.4, -0.2) is 17.8 Å². The molecule has 142 valence electrons. The van der Waals surface area contributed by atoms with Gasteiger partial charge in [-0.05, 0) is 53.3 Å². The number of benzene rings is 2. The van der Waals surface area contributed by atoms with Crippen LogP contribution in [-0.2, 0) is 4.74 Å². The molecule has 0 saturated heterocycles. The predicted molar refractivity (Wildman–Crippen MR) is 115 cm³/mol. The molecule has 0 bridgehead atoms. The third-order valence-corrected chi connectivity index (χ3v) is 5.49. The number of phenolic OH excluding ortho intramolecular Hbond substituents is 1. The third-order valence-electron chi connectivity index (χ3n) is 5.49. The summed E-state index contributed by atoms with van der Waals surface area (Å²) in [5.74, 6) is 0.784. The lowest BCUT2D eigenvalue weighted by Crippen LogP contribution is -2.13. The summed E-state index contributed by atoms with van der Waals surface area (Å²) in [4.78, 5) is 0. The van der Waals surface area contributed by atoms with Crippen molar-refractivity contribution in [3.63, 3.8) is 0 Å². The Kier molecular flexibility index (Phi) is 6.18. The molecule has 1 atom stereocenters. The van der Waals surface area contributed by atoms with Crippen LogP contribution < -0.4 is 0 Å². The minimum absolute atomic E-state index is 0.159. The minimum atomic E-state index is 0.159. The Labute approximate surface area is 162 Å². The molecule has 2 heteroatoms. The van der Waals surface area contributed by atoms with Crippen molar-refractivity contribution in [2.24, 2.45) is 5.92 Å². The zero-order chi connectivity index (χ0) is 19.4. The molecule has 0 aromatic heterocycles. The molecular weight excluding hydrogens is 332 g/mol. The van der Waals surface area contributed by atoms with Crippen LogP contribution in [0.25, 0.3) is 16.8 Å². The second kappa shape index (κ2) is 8.58. The van der Waals surface area contributed by atoms with Crippen LogP contribution >= 0.6 is 0 Å². The van der Waals surface area contributed by atoms with Crippen LogP contribution in [0.2, 0.25) is 0 Å². The number of phenols is 1. The van der Waals surface area contributed by atoms with E-state index in [0.717, 1.165) is 35.6 Å². The van der Waals surface area contributed by atoms with Crippen molar-refractivity contribution in [1.82, 2.24) is 0 Å². The van der Waals surface area contributed by atoms with Crippen molar-refractivity contribution >= 4 is 16.8 Å². The highest BCUT2D eigenvalue weighted by molar-refractivity contribution is 5.94. The summed E-state index contributed by atoms with van der Waals surface area (Å²) in [7, 11) is 0. The van der Waals surface area contributed by atoms with E-state index < -0.39 is 0 Å². The summed E-state index contributed by atoms with van der Waals surface area (Å²) in [6.45, 7) is 11.5. The van der Waals surface area contributed by atoms with Gasteiger partial charge in [0.25, 0.3) is 0 Å². The lowest BCUT2D eigenvalue weighted by molar-refractivity contribution is 0.116. The number of aromatic hydroxyl groups is 1. The van der Waals surface area contributed by atoms with E-state index in [4.69, 9.17) is 4.74 Å². The molecule has 0 aliphatic carbocycles. The van der Waals surface area contributed by atoms with Gasteiger partial charge in [-0.1, -0.05) is 75.4 Å². The Morgan fingerprint density at radius 3 is 2.67 bits per heavy atom. The number of ether oxygens (including phenoxy) is 1. The first-order chi connectivity index (χ1) is 13.0. The van der Waals surface area contributed by atoms with Crippen molar-refractivity contribution < 1.29 is 9.84 Å². The van der Waals surface area contributed by atoms with Gasteiger partial charge in [0, 0.05) is 5.39 Å². The molecule has 1 aliphatic rings. The quantitative estimate of drug-likeness (QED) is 0.597. The summed E-state index contributed by atoms with van der Waals surface area (Å²) < 4.78 is 5.95. The molecule has 27 heavy (non-hydrogen) atoms. The molecular formula is C25H30O2. The molecule has 0 amide bonds. The Morgan fingerprint density at radius 1 is 1.22 bits per heavy atom. The average molecular weight is 363 g/mol. The molecule has 0 radical (unpaired) electrons. The van der Waals surface area contributed by atoms with Gasteiger partial charge < -0.3 is 9.84 Å². The van der Waals surface area contributed by atoms with E-state index in [-0.39, 0.29) is 6.10 Å². The molecule has 1 heterocycles. The standard InChI is InChI=1S/C25H30O2/c1-5-19(10-13-25-21(14-15-27-25)18(4)17(2)3)16-20-11-12-24(26)23-9-7-6-8-22(20)23/h6-9,11-12,14,16-17,25-26H,4-5,10,13,15H2,1-3H3/b19-16+. The van der Waals surface area contributed by atoms with E-state index in [0.29, 0.717) is 18.3 Å². The molecule has 0 fully saturated rings. The lowest BCUT2D eigenvalue weighted by atomic mass is 9.90. The SMILES string of the molecule is C=C(C1=CCOC1CC/C(=C/c1ccc(O)c2ccccc12)CC)C(C)C. The van der Waals surface area contributed by atoms with Crippen molar-refractivity contribution in [2.75, 3.05) is 6.61 Å². The van der Waals surface area contributed by atoms with Gasteiger partial charge in [-0.15, -0.1) is 0 Å². The number of rotatable bonds is 7. The van der Waals surface area contributed by atoms with Crippen LogP contribution in [0.3, 0.4) is 0 Å². The first kappa shape index (κ1) is 19.4. The van der Waals surface area contributed by atoms with Gasteiger partial charge in [-0.3, -0.25) is 0 Å². The smallest absolute Gasteiger partial charge is 0.123 e. The average Bonchev–Trinajstić information content (AvgIpc) is 3.14. The van der Waals surface area contributed by atoms with Crippen LogP contribution in [0, 0.1) is 5.92 Å². The topological polar surface area (TPSA) is 29.5 Å². The van der Waals surface area contributed by atoms with E-state index in [1.54, 1.807) is 6.07 Å². The van der Waals surface area contributed by atoms with Gasteiger partial charge >= 0.3 is 0 Å². The van der Waals surface area contributed by atoms with Gasteiger partial charge in [0.1, 0.15) is 5.75 Å². The summed E-state index contributed by atoms with van der Waals surface area (Å²) >= 11 is 0. The number of allylic oxidation sites excluding steroid dienone is 1. The van der Waals surface area contributed by atoms with E-state index in [1.165, 1.54) is 16.7 Å². The maximum atomic E-state index is 10.1. The van der Waals surface area contributed by atoms with Gasteiger partial charge in [0.15, 0.2) is 0 Å².